The van der Waals surface area contributed by atoms with Gasteiger partial charge in [-0.15, -0.1) is 0 Å². The first-order valence-corrected chi connectivity index (χ1v) is 7.45. The normalized spacial score (nSPS) is 23.1. The average Bonchev–Trinajstić information content (AvgIpc) is 2.41. The summed E-state index contributed by atoms with van der Waals surface area (Å²) in [6, 6.07) is 5.28. The highest BCUT2D eigenvalue weighted by atomic mass is 35.5. The summed E-state index contributed by atoms with van der Waals surface area (Å²) >= 11 is 6.17. The van der Waals surface area contributed by atoms with Crippen molar-refractivity contribution in [3.8, 4) is 5.75 Å². The van der Waals surface area contributed by atoms with Crippen molar-refractivity contribution in [1.29, 1.82) is 0 Å². The van der Waals surface area contributed by atoms with Gasteiger partial charge in [0.1, 0.15) is 5.75 Å². The smallest absolute Gasteiger partial charge is 0.159 e. The number of carbonyl (C=O) groups excluding carboxylic acids is 1. The molecule has 1 aliphatic rings. The van der Waals surface area contributed by atoms with Crippen molar-refractivity contribution in [2.24, 2.45) is 5.92 Å². The molecule has 0 atom stereocenters. The summed E-state index contributed by atoms with van der Waals surface area (Å²) in [5, 5.41) is 0.533. The van der Waals surface area contributed by atoms with Gasteiger partial charge in [-0.2, -0.15) is 0 Å². The van der Waals surface area contributed by atoms with E-state index >= 15 is 0 Å². The molecule has 1 aliphatic carbocycles. The van der Waals surface area contributed by atoms with Crippen molar-refractivity contribution in [3.05, 3.63) is 28.8 Å². The van der Waals surface area contributed by atoms with Crippen LogP contribution in [-0.2, 0) is 0 Å². The third-order valence-corrected chi connectivity index (χ3v) is 4.30. The highest BCUT2D eigenvalue weighted by Crippen LogP contribution is 2.32. The lowest BCUT2D eigenvalue weighted by atomic mass is 9.86. The summed E-state index contributed by atoms with van der Waals surface area (Å²) < 4.78 is 5.97. The van der Waals surface area contributed by atoms with Crippen LogP contribution in [0.25, 0.3) is 0 Å². The highest BCUT2D eigenvalue weighted by molar-refractivity contribution is 6.32. The molecule has 0 aliphatic heterocycles. The molecule has 1 fully saturated rings. The molecule has 0 N–H and O–H groups in total. The molecule has 2 nitrogen and oxygen atoms in total. The van der Waals surface area contributed by atoms with E-state index in [9.17, 15) is 4.79 Å². The second-order valence-corrected chi connectivity index (χ2v) is 5.78. The van der Waals surface area contributed by atoms with Crippen LogP contribution in [0.5, 0.6) is 5.75 Å². The van der Waals surface area contributed by atoms with Gasteiger partial charge < -0.3 is 4.74 Å². The van der Waals surface area contributed by atoms with Crippen molar-refractivity contribution in [1.82, 2.24) is 0 Å². The number of ketones is 1. The number of hydrogen-bond donors (Lipinski definition) is 0. The molecule has 0 aromatic heterocycles. The summed E-state index contributed by atoms with van der Waals surface area (Å²) in [6.07, 6.45) is 6.21. The summed E-state index contributed by atoms with van der Waals surface area (Å²) in [7, 11) is 0. The molecule has 0 amide bonds. The number of hydrogen-bond acceptors (Lipinski definition) is 2. The fraction of sp³-hybridized carbons (Fsp3) is 0.562. The van der Waals surface area contributed by atoms with Crippen molar-refractivity contribution < 1.29 is 9.53 Å². The topological polar surface area (TPSA) is 26.3 Å². The summed E-state index contributed by atoms with van der Waals surface area (Å²) in [5.41, 5.74) is 0.632. The number of benzene rings is 1. The third kappa shape index (κ3) is 3.73. The van der Waals surface area contributed by atoms with E-state index in [1.807, 2.05) is 6.07 Å². The number of rotatable bonds is 4. The van der Waals surface area contributed by atoms with E-state index in [2.05, 4.69) is 6.92 Å². The molecule has 2 rings (SSSR count). The van der Waals surface area contributed by atoms with E-state index in [1.54, 1.807) is 12.1 Å². The van der Waals surface area contributed by atoms with E-state index in [-0.39, 0.29) is 11.9 Å². The van der Waals surface area contributed by atoms with Crippen LogP contribution in [0, 0.1) is 5.92 Å². The van der Waals surface area contributed by atoms with Gasteiger partial charge in [0.15, 0.2) is 5.78 Å². The number of Topliss-reactive ketones (excluding diaryl/α,β-unsaturated/α-hetero) is 1. The summed E-state index contributed by atoms with van der Waals surface area (Å²) in [6.45, 7) is 3.79. The van der Waals surface area contributed by atoms with Crippen molar-refractivity contribution in [2.75, 3.05) is 0 Å². The van der Waals surface area contributed by atoms with Crippen LogP contribution in [0.3, 0.4) is 0 Å². The lowest BCUT2D eigenvalue weighted by molar-refractivity contribution is 0.101. The summed E-state index contributed by atoms with van der Waals surface area (Å²) in [5.74, 6) is 1.58. The molecule has 104 valence electrons. The first-order valence-electron chi connectivity index (χ1n) is 7.07. The predicted molar refractivity (Wildman–Crippen MR) is 78.1 cm³/mol. The lowest BCUT2D eigenvalue weighted by Gasteiger charge is -2.28. The van der Waals surface area contributed by atoms with E-state index in [1.165, 1.54) is 26.2 Å². The molecule has 19 heavy (non-hydrogen) atoms. The molecule has 3 heteroatoms. The summed E-state index contributed by atoms with van der Waals surface area (Å²) in [4.78, 5) is 11.3. The van der Waals surface area contributed by atoms with Gasteiger partial charge in [0.25, 0.3) is 0 Å². The maximum absolute atomic E-state index is 11.3. The first kappa shape index (κ1) is 14.4. The Hall–Kier alpha value is -1.02. The Bertz CT molecular complexity index is 448. The standard InChI is InChI=1S/C16H21ClO2/c1-3-12-4-7-14(8-5-12)19-16-9-6-13(11(2)18)10-15(16)17/h6,9-10,12,14H,3-5,7-8H2,1-2H3. The SMILES string of the molecule is CCC1CCC(Oc2ccc(C(C)=O)cc2Cl)CC1. The minimum atomic E-state index is 0.0249. The maximum atomic E-state index is 11.3. The fourth-order valence-electron chi connectivity index (χ4n) is 2.65. The van der Waals surface area contributed by atoms with Crippen LogP contribution in [-0.4, -0.2) is 11.9 Å². The predicted octanol–water partition coefficient (Wildman–Crippen LogP) is 4.89. The Kier molecular flexibility index (Phi) is 4.87. The Labute approximate surface area is 120 Å². The van der Waals surface area contributed by atoms with Crippen LogP contribution < -0.4 is 4.74 Å². The Morgan fingerprint density at radius 1 is 1.32 bits per heavy atom. The van der Waals surface area contributed by atoms with E-state index in [4.69, 9.17) is 16.3 Å². The van der Waals surface area contributed by atoms with Gasteiger partial charge in [-0.25, -0.2) is 0 Å². The van der Waals surface area contributed by atoms with Crippen LogP contribution in [0.15, 0.2) is 18.2 Å². The highest BCUT2D eigenvalue weighted by Gasteiger charge is 2.21. The molecule has 0 bridgehead atoms. The van der Waals surface area contributed by atoms with E-state index in [0.29, 0.717) is 16.3 Å². The molecule has 0 heterocycles. The van der Waals surface area contributed by atoms with Crippen molar-refractivity contribution in [2.45, 2.75) is 52.1 Å². The van der Waals surface area contributed by atoms with Gasteiger partial charge in [0.05, 0.1) is 11.1 Å². The van der Waals surface area contributed by atoms with Gasteiger partial charge in [0, 0.05) is 5.56 Å². The third-order valence-electron chi connectivity index (χ3n) is 4.00. The Morgan fingerprint density at radius 2 is 2.00 bits per heavy atom. The molecular formula is C16H21ClO2. The first-order chi connectivity index (χ1) is 9.10. The van der Waals surface area contributed by atoms with E-state index in [0.717, 1.165) is 18.8 Å². The lowest BCUT2D eigenvalue weighted by Crippen LogP contribution is -2.24. The largest absolute Gasteiger partial charge is 0.489 e. The number of halogens is 1. The van der Waals surface area contributed by atoms with E-state index < -0.39 is 0 Å². The maximum Gasteiger partial charge on any atom is 0.159 e. The molecule has 1 aromatic carbocycles. The molecule has 1 aromatic rings. The molecular weight excluding hydrogens is 260 g/mol. The zero-order valence-corrected chi connectivity index (χ0v) is 12.4. The van der Waals surface area contributed by atoms with Gasteiger partial charge in [-0.1, -0.05) is 24.9 Å². The van der Waals surface area contributed by atoms with Crippen LogP contribution >= 0.6 is 11.6 Å². The van der Waals surface area contributed by atoms with Crippen LogP contribution in [0.1, 0.15) is 56.3 Å². The second kappa shape index (κ2) is 6.42. The van der Waals surface area contributed by atoms with Crippen LogP contribution in [0.4, 0.5) is 0 Å². The van der Waals surface area contributed by atoms with Crippen LogP contribution in [0.2, 0.25) is 5.02 Å². The zero-order chi connectivity index (χ0) is 13.8. The Balaban J connectivity index is 1.98. The minimum Gasteiger partial charge on any atom is -0.489 e. The fourth-order valence-corrected chi connectivity index (χ4v) is 2.88. The second-order valence-electron chi connectivity index (χ2n) is 5.37. The number of ether oxygens (including phenoxy) is 1. The zero-order valence-electron chi connectivity index (χ0n) is 11.6. The molecule has 1 saturated carbocycles. The number of carbonyl (C=O) groups is 1. The van der Waals surface area contributed by atoms with Gasteiger partial charge in [-0.05, 0) is 56.7 Å². The molecule has 0 spiro atoms. The Morgan fingerprint density at radius 3 is 2.53 bits per heavy atom. The quantitative estimate of drug-likeness (QED) is 0.734. The van der Waals surface area contributed by atoms with Crippen molar-refractivity contribution in [3.63, 3.8) is 0 Å². The average molecular weight is 281 g/mol. The van der Waals surface area contributed by atoms with Gasteiger partial charge in [0.2, 0.25) is 0 Å². The molecule has 0 unspecified atom stereocenters. The van der Waals surface area contributed by atoms with Crippen molar-refractivity contribution >= 4 is 17.4 Å². The van der Waals surface area contributed by atoms with Gasteiger partial charge in [-0.3, -0.25) is 4.79 Å². The molecule has 0 saturated heterocycles. The van der Waals surface area contributed by atoms with Gasteiger partial charge >= 0.3 is 0 Å². The minimum absolute atomic E-state index is 0.0249. The molecule has 0 radical (unpaired) electrons. The monoisotopic (exact) mass is 280 g/mol.